The minimum atomic E-state index is -1.56. The third-order valence-electron chi connectivity index (χ3n) is 5.98. The van der Waals surface area contributed by atoms with Crippen molar-refractivity contribution in [2.75, 3.05) is 0 Å². The van der Waals surface area contributed by atoms with E-state index in [9.17, 15) is 0 Å². The van der Waals surface area contributed by atoms with Gasteiger partial charge in [0.05, 0.1) is 0 Å². The fraction of sp³-hybridized carbons (Fsp3) is 0.0714. The second-order valence-electron chi connectivity index (χ2n) is 8.06. The minimum absolute atomic E-state index is 0.439. The zero-order valence-corrected chi connectivity index (χ0v) is 24.9. The molecule has 5 rings (SSSR count). The molecule has 1 heterocycles. The second kappa shape index (κ2) is 10.3. The third kappa shape index (κ3) is 4.77. The van der Waals surface area contributed by atoms with E-state index in [0.717, 1.165) is 0 Å². The first-order chi connectivity index (χ1) is 16.1. The van der Waals surface area contributed by atoms with Crippen molar-refractivity contribution in [1.82, 2.24) is 0 Å². The van der Waals surface area contributed by atoms with Crippen LogP contribution in [0.25, 0.3) is 6.08 Å². The Morgan fingerprint density at radius 2 is 1.03 bits per heavy atom. The molecule has 5 heteroatoms. The van der Waals surface area contributed by atoms with Crippen LogP contribution in [0.3, 0.4) is 0 Å². The van der Waals surface area contributed by atoms with Gasteiger partial charge in [-0.15, -0.1) is 0 Å². The van der Waals surface area contributed by atoms with Crippen molar-refractivity contribution in [3.8, 4) is 0 Å². The van der Waals surface area contributed by atoms with Crippen molar-refractivity contribution in [3.05, 3.63) is 139 Å². The summed E-state index contributed by atoms with van der Waals surface area (Å²) < 4.78 is -3.12. The molecule has 0 radical (unpaired) electrons. The Hall–Kier alpha value is -0.962. The predicted molar refractivity (Wildman–Crippen MR) is 152 cm³/mol. The molecule has 164 valence electrons. The number of hydrogen-bond acceptors (Lipinski definition) is 0. The molecule has 4 aromatic rings. The standard InChI is InChI=1S/C28H24P2Se3/c31-29(25-17-9-3-10-18-25)27(22-21-23-13-5-1-6-14-23)28(24-15-7-2-8-16-24)30(32,33-29)26-19-11-4-12-20-26/h1-22,27-28H/b22-21+. The van der Waals surface area contributed by atoms with Crippen LogP contribution >= 0.6 is 8.40 Å². The van der Waals surface area contributed by atoms with Gasteiger partial charge in [-0.25, -0.2) is 0 Å². The Balaban J connectivity index is 1.74. The quantitative estimate of drug-likeness (QED) is 0.177. The van der Waals surface area contributed by atoms with Gasteiger partial charge in [0.2, 0.25) is 0 Å². The molecule has 0 aromatic heterocycles. The molecule has 4 aromatic carbocycles. The van der Waals surface area contributed by atoms with Gasteiger partial charge in [-0.2, -0.15) is 0 Å². The summed E-state index contributed by atoms with van der Waals surface area (Å²) in [5.41, 5.74) is 3.66. The molecule has 4 atom stereocenters. The van der Waals surface area contributed by atoms with Gasteiger partial charge in [-0.1, -0.05) is 0 Å². The number of allylic oxidation sites excluding steroid dienone is 1. The van der Waals surface area contributed by atoms with Crippen molar-refractivity contribution in [2.45, 2.75) is 11.3 Å². The summed E-state index contributed by atoms with van der Waals surface area (Å²) >= 11 is 8.20. The molecule has 0 saturated carbocycles. The van der Waals surface area contributed by atoms with Crippen molar-refractivity contribution in [2.24, 2.45) is 0 Å². The molecular weight excluding hydrogens is 635 g/mol. The van der Waals surface area contributed by atoms with Crippen LogP contribution in [0.2, 0.25) is 0 Å². The van der Waals surface area contributed by atoms with E-state index < -0.39 is 8.40 Å². The summed E-state index contributed by atoms with van der Waals surface area (Å²) in [6, 6.07) is 44.5. The van der Waals surface area contributed by atoms with Crippen LogP contribution in [0, 0.1) is 0 Å². The molecule has 1 saturated heterocycles. The molecule has 0 spiro atoms. The van der Waals surface area contributed by atoms with Crippen molar-refractivity contribution < 1.29 is 0 Å². The molecule has 1 aliphatic heterocycles. The number of rotatable bonds is 5. The fourth-order valence-electron chi connectivity index (χ4n) is 4.41. The van der Waals surface area contributed by atoms with E-state index in [1.807, 2.05) is 0 Å². The Morgan fingerprint density at radius 3 is 1.58 bits per heavy atom. The van der Waals surface area contributed by atoms with Crippen LogP contribution in [0.5, 0.6) is 0 Å². The second-order valence-corrected chi connectivity index (χ2v) is 37.9. The molecule has 0 aliphatic carbocycles. The van der Waals surface area contributed by atoms with Gasteiger partial charge in [-0.05, 0) is 0 Å². The molecule has 1 aliphatic rings. The average molecular weight is 659 g/mol. The molecule has 0 N–H and O–H groups in total. The first kappa shape index (κ1) is 23.8. The van der Waals surface area contributed by atoms with Crippen molar-refractivity contribution >= 4 is 69.3 Å². The van der Waals surface area contributed by atoms with Gasteiger partial charge in [0.15, 0.2) is 0 Å². The topological polar surface area (TPSA) is 0 Å². The third-order valence-corrected chi connectivity index (χ3v) is 46.3. The SMILES string of the molecule is [Se]=P1(c2ccccc2)[Se]P(=[Se])(c2ccccc2)C(c2ccccc2)C1/C=C/c1ccccc1. The molecule has 0 bridgehead atoms. The number of benzene rings is 4. The Morgan fingerprint density at radius 1 is 0.576 bits per heavy atom. The maximum absolute atomic E-state index is 3.88. The Bertz CT molecular complexity index is 1340. The molecule has 0 nitrogen and oxygen atoms in total. The summed E-state index contributed by atoms with van der Waals surface area (Å²) in [6.45, 7) is 0. The average Bonchev–Trinajstić information content (AvgIpc) is 3.13. The zero-order valence-electron chi connectivity index (χ0n) is 18.0. The van der Waals surface area contributed by atoms with Crippen molar-refractivity contribution in [1.29, 1.82) is 0 Å². The first-order valence-corrected chi connectivity index (χ1v) is 23.5. The number of hydrogen-bond donors (Lipinski definition) is 0. The normalized spacial score (nSPS) is 27.0. The van der Waals surface area contributed by atoms with Crippen LogP contribution in [0.15, 0.2) is 127 Å². The van der Waals surface area contributed by atoms with E-state index in [1.54, 1.807) is 0 Å². The van der Waals surface area contributed by atoms with Crippen molar-refractivity contribution in [3.63, 3.8) is 0 Å². The molecular formula is C28H24P2Se3. The van der Waals surface area contributed by atoms with Crippen LogP contribution < -0.4 is 10.6 Å². The summed E-state index contributed by atoms with van der Waals surface area (Å²) in [4.78, 5) is 0. The molecule has 4 unspecified atom stereocenters. The summed E-state index contributed by atoms with van der Waals surface area (Å²) in [5.74, 6) is 0. The molecule has 33 heavy (non-hydrogen) atoms. The van der Waals surface area contributed by atoms with Gasteiger partial charge in [0.25, 0.3) is 0 Å². The molecule has 0 amide bonds. The van der Waals surface area contributed by atoms with E-state index in [2.05, 4.69) is 164 Å². The fourth-order valence-corrected chi connectivity index (χ4v) is 68.5. The van der Waals surface area contributed by atoms with E-state index in [-0.39, 0.29) is 0 Å². The molecule has 1 fully saturated rings. The summed E-state index contributed by atoms with van der Waals surface area (Å²) in [7, 11) is 0. The predicted octanol–water partition coefficient (Wildman–Crippen LogP) is 6.21. The van der Waals surface area contributed by atoms with Gasteiger partial charge in [0, 0.05) is 0 Å². The van der Waals surface area contributed by atoms with Gasteiger partial charge >= 0.3 is 219 Å². The van der Waals surface area contributed by atoms with Crippen LogP contribution in [-0.4, -0.2) is 49.9 Å². The van der Waals surface area contributed by atoms with Crippen LogP contribution in [0.1, 0.15) is 16.8 Å². The monoisotopic (exact) mass is 662 g/mol. The summed E-state index contributed by atoms with van der Waals surface area (Å²) in [5, 5.41) is 3.03. The van der Waals surface area contributed by atoms with Crippen LogP contribution in [-0.2, 0) is 0 Å². The van der Waals surface area contributed by atoms with E-state index in [4.69, 9.17) is 0 Å². The first-order valence-electron chi connectivity index (χ1n) is 10.9. The maximum atomic E-state index is 3.88. The van der Waals surface area contributed by atoms with Crippen LogP contribution in [0.4, 0.5) is 0 Å². The van der Waals surface area contributed by atoms with Gasteiger partial charge in [0.1, 0.15) is 0 Å². The van der Waals surface area contributed by atoms with E-state index in [1.165, 1.54) is 21.7 Å². The Labute approximate surface area is 217 Å². The van der Waals surface area contributed by atoms with E-state index >= 15 is 0 Å². The van der Waals surface area contributed by atoms with Gasteiger partial charge in [-0.3, -0.25) is 0 Å². The zero-order chi connectivity index (χ0) is 22.7. The Kier molecular flexibility index (Phi) is 7.45. The van der Waals surface area contributed by atoms with E-state index in [0.29, 0.717) is 25.4 Å². The van der Waals surface area contributed by atoms with Gasteiger partial charge < -0.3 is 0 Å². The summed E-state index contributed by atoms with van der Waals surface area (Å²) in [6.07, 6.45) is 4.89.